The molecule has 2 N–H and O–H groups in total. The van der Waals surface area contributed by atoms with Gasteiger partial charge in [0.2, 0.25) is 5.91 Å². The predicted molar refractivity (Wildman–Crippen MR) is 97.6 cm³/mol. The molecular formula is C20H22N2O3. The van der Waals surface area contributed by atoms with Crippen molar-refractivity contribution in [3.05, 3.63) is 65.9 Å². The fraction of sp³-hybridized carbons (Fsp3) is 0.250. The average Bonchev–Trinajstić information content (AvgIpc) is 2.96. The number of nitrogens with one attached hydrogen (secondary N) is 1. The maximum Gasteiger partial charge on any atom is 0.224 e. The van der Waals surface area contributed by atoms with Gasteiger partial charge in [0, 0.05) is 30.7 Å². The minimum Gasteiger partial charge on any atom is -0.497 e. The van der Waals surface area contributed by atoms with E-state index in [0.717, 1.165) is 27.8 Å². The molecule has 1 heterocycles. The number of carbonyl (C=O) groups is 1. The van der Waals surface area contributed by atoms with Crippen molar-refractivity contribution >= 4 is 16.8 Å². The van der Waals surface area contributed by atoms with Crippen molar-refractivity contribution < 1.29 is 14.6 Å². The summed E-state index contributed by atoms with van der Waals surface area (Å²) in [6.07, 6.45) is 1.52. The number of aryl methyl sites for hydroxylation is 1. The number of carbonyl (C=O) groups excluding carboxylic acids is 1. The molecule has 3 rings (SSSR count). The van der Waals surface area contributed by atoms with E-state index in [1.165, 1.54) is 0 Å². The quantitative estimate of drug-likeness (QED) is 0.726. The predicted octanol–water partition coefficient (Wildman–Crippen LogP) is 2.58. The van der Waals surface area contributed by atoms with E-state index in [0.29, 0.717) is 0 Å². The molecule has 0 bridgehead atoms. The molecule has 5 nitrogen and oxygen atoms in total. The van der Waals surface area contributed by atoms with Crippen LogP contribution in [0.1, 0.15) is 17.2 Å². The first-order valence-electron chi connectivity index (χ1n) is 8.20. The fourth-order valence-corrected chi connectivity index (χ4v) is 2.96. The molecule has 0 fully saturated rings. The van der Waals surface area contributed by atoms with Crippen LogP contribution in [-0.2, 0) is 18.3 Å². The number of benzene rings is 2. The lowest BCUT2D eigenvalue weighted by Crippen LogP contribution is -2.29. The fourth-order valence-electron chi connectivity index (χ4n) is 2.96. The van der Waals surface area contributed by atoms with Gasteiger partial charge < -0.3 is 19.7 Å². The number of ether oxygens (including phenoxy) is 1. The molecule has 0 aliphatic rings. The van der Waals surface area contributed by atoms with Crippen molar-refractivity contribution in [3.8, 4) is 5.75 Å². The van der Waals surface area contributed by atoms with Crippen LogP contribution in [-0.4, -0.2) is 29.2 Å². The topological polar surface area (TPSA) is 63.5 Å². The Hall–Kier alpha value is -2.79. The number of hydrogen-bond acceptors (Lipinski definition) is 3. The number of hydrogen-bond donors (Lipinski definition) is 2. The molecule has 0 aliphatic carbocycles. The Morgan fingerprint density at radius 2 is 1.92 bits per heavy atom. The van der Waals surface area contributed by atoms with Gasteiger partial charge in [0.1, 0.15) is 5.75 Å². The first-order valence-corrected chi connectivity index (χ1v) is 8.20. The summed E-state index contributed by atoms with van der Waals surface area (Å²) in [4.78, 5) is 12.3. The lowest BCUT2D eigenvalue weighted by molar-refractivity contribution is -0.120. The van der Waals surface area contributed by atoms with Crippen LogP contribution >= 0.6 is 0 Å². The number of aliphatic hydroxyl groups is 1. The molecular weight excluding hydrogens is 316 g/mol. The van der Waals surface area contributed by atoms with Crippen molar-refractivity contribution in [2.45, 2.75) is 12.5 Å². The highest BCUT2D eigenvalue weighted by Crippen LogP contribution is 2.21. The number of aliphatic hydroxyl groups excluding tert-OH is 1. The Bertz CT molecular complexity index is 868. The van der Waals surface area contributed by atoms with Crippen LogP contribution in [0.5, 0.6) is 5.75 Å². The number of nitrogens with zero attached hydrogens (tertiary/aromatic N) is 1. The highest BCUT2D eigenvalue weighted by Gasteiger charge is 2.13. The van der Waals surface area contributed by atoms with Gasteiger partial charge in [-0.3, -0.25) is 4.79 Å². The number of fused-ring (bicyclic) bond motifs is 1. The molecule has 25 heavy (non-hydrogen) atoms. The molecule has 0 spiro atoms. The highest BCUT2D eigenvalue weighted by atomic mass is 16.5. The average molecular weight is 338 g/mol. The summed E-state index contributed by atoms with van der Waals surface area (Å²) in [7, 11) is 3.57. The van der Waals surface area contributed by atoms with Gasteiger partial charge >= 0.3 is 0 Å². The van der Waals surface area contributed by atoms with E-state index in [1.807, 2.05) is 42.1 Å². The van der Waals surface area contributed by atoms with E-state index in [-0.39, 0.29) is 18.9 Å². The third-order valence-corrected chi connectivity index (χ3v) is 4.32. The number of amides is 1. The Labute approximate surface area is 146 Å². The van der Waals surface area contributed by atoms with E-state index in [2.05, 4.69) is 5.32 Å². The Morgan fingerprint density at radius 3 is 2.64 bits per heavy atom. The van der Waals surface area contributed by atoms with E-state index in [1.54, 1.807) is 31.4 Å². The second-order valence-electron chi connectivity index (χ2n) is 6.05. The zero-order chi connectivity index (χ0) is 17.8. The minimum absolute atomic E-state index is 0.107. The lowest BCUT2D eigenvalue weighted by Gasteiger charge is -2.12. The summed E-state index contributed by atoms with van der Waals surface area (Å²) in [6.45, 7) is 0.177. The SMILES string of the molecule is COc1ccc(C(O)CNC(=O)Cc2cn(C)c3ccccc23)cc1. The summed E-state index contributed by atoms with van der Waals surface area (Å²) in [5, 5.41) is 14.1. The molecule has 0 saturated heterocycles. The van der Waals surface area contributed by atoms with Crippen LogP contribution in [0, 0.1) is 0 Å². The monoisotopic (exact) mass is 338 g/mol. The van der Waals surface area contributed by atoms with E-state index < -0.39 is 6.10 Å². The Morgan fingerprint density at radius 1 is 1.20 bits per heavy atom. The van der Waals surface area contributed by atoms with Gasteiger partial charge in [0.15, 0.2) is 0 Å². The van der Waals surface area contributed by atoms with Gasteiger partial charge in [-0.25, -0.2) is 0 Å². The summed E-state index contributed by atoms with van der Waals surface area (Å²) in [6, 6.07) is 15.2. The van der Waals surface area contributed by atoms with E-state index >= 15 is 0 Å². The first kappa shape index (κ1) is 17.0. The Kier molecular flexibility index (Phi) is 5.05. The minimum atomic E-state index is -0.748. The van der Waals surface area contributed by atoms with Crippen LogP contribution in [0.25, 0.3) is 10.9 Å². The second-order valence-corrected chi connectivity index (χ2v) is 6.05. The van der Waals surface area contributed by atoms with Crippen molar-refractivity contribution in [2.24, 2.45) is 7.05 Å². The van der Waals surface area contributed by atoms with E-state index in [4.69, 9.17) is 4.74 Å². The molecule has 0 radical (unpaired) electrons. The number of methoxy groups -OCH3 is 1. The zero-order valence-electron chi connectivity index (χ0n) is 14.4. The van der Waals surface area contributed by atoms with Crippen LogP contribution in [0.15, 0.2) is 54.7 Å². The van der Waals surface area contributed by atoms with Crippen LogP contribution in [0.3, 0.4) is 0 Å². The van der Waals surface area contributed by atoms with Gasteiger partial charge in [-0.1, -0.05) is 30.3 Å². The first-order chi connectivity index (χ1) is 12.1. The molecule has 130 valence electrons. The van der Waals surface area contributed by atoms with Crippen LogP contribution < -0.4 is 10.1 Å². The Balaban J connectivity index is 1.60. The third kappa shape index (κ3) is 3.83. The molecule has 1 atom stereocenters. The standard InChI is InChI=1S/C20H22N2O3/c1-22-13-15(17-5-3-4-6-18(17)22)11-20(24)21-12-19(23)14-7-9-16(25-2)10-8-14/h3-10,13,19,23H,11-12H2,1-2H3,(H,21,24). The molecule has 1 aromatic heterocycles. The van der Waals surface area contributed by atoms with Gasteiger partial charge in [-0.15, -0.1) is 0 Å². The third-order valence-electron chi connectivity index (χ3n) is 4.32. The molecule has 0 saturated carbocycles. The van der Waals surface area contributed by atoms with Gasteiger partial charge in [0.05, 0.1) is 19.6 Å². The lowest BCUT2D eigenvalue weighted by atomic mass is 10.1. The van der Waals surface area contributed by atoms with Crippen LogP contribution in [0.2, 0.25) is 0 Å². The second kappa shape index (κ2) is 7.40. The molecule has 1 unspecified atom stereocenters. The van der Waals surface area contributed by atoms with Gasteiger partial charge in [-0.05, 0) is 29.3 Å². The summed E-state index contributed by atoms with van der Waals surface area (Å²) < 4.78 is 7.12. The van der Waals surface area contributed by atoms with Gasteiger partial charge in [-0.2, -0.15) is 0 Å². The molecule has 5 heteroatoms. The van der Waals surface area contributed by atoms with Crippen LogP contribution in [0.4, 0.5) is 0 Å². The molecule has 1 amide bonds. The zero-order valence-corrected chi connectivity index (χ0v) is 14.4. The summed E-state index contributed by atoms with van der Waals surface area (Å²) in [5.41, 5.74) is 2.82. The number of para-hydroxylation sites is 1. The molecule has 2 aromatic carbocycles. The highest BCUT2D eigenvalue weighted by molar-refractivity contribution is 5.89. The summed E-state index contributed by atoms with van der Waals surface area (Å²) >= 11 is 0. The molecule has 0 aliphatic heterocycles. The smallest absolute Gasteiger partial charge is 0.224 e. The van der Waals surface area contributed by atoms with Crippen molar-refractivity contribution in [1.82, 2.24) is 9.88 Å². The van der Waals surface area contributed by atoms with E-state index in [9.17, 15) is 9.90 Å². The number of aromatic nitrogens is 1. The van der Waals surface area contributed by atoms with Gasteiger partial charge in [0.25, 0.3) is 0 Å². The van der Waals surface area contributed by atoms with Crippen molar-refractivity contribution in [1.29, 1.82) is 0 Å². The van der Waals surface area contributed by atoms with Crippen molar-refractivity contribution in [2.75, 3.05) is 13.7 Å². The largest absolute Gasteiger partial charge is 0.497 e. The molecule has 3 aromatic rings. The number of rotatable bonds is 6. The maximum absolute atomic E-state index is 12.3. The maximum atomic E-state index is 12.3. The van der Waals surface area contributed by atoms with Crippen molar-refractivity contribution in [3.63, 3.8) is 0 Å². The normalized spacial score (nSPS) is 12.1. The summed E-state index contributed by atoms with van der Waals surface area (Å²) in [5.74, 6) is 0.625.